The highest BCUT2D eigenvalue weighted by Gasteiger charge is 2.22. The van der Waals surface area contributed by atoms with Crippen molar-refractivity contribution in [1.82, 2.24) is 20.4 Å². The van der Waals surface area contributed by atoms with Crippen molar-refractivity contribution in [3.05, 3.63) is 17.0 Å². The van der Waals surface area contributed by atoms with E-state index in [1.165, 1.54) is 42.6 Å². The van der Waals surface area contributed by atoms with Crippen LogP contribution in [0.3, 0.4) is 0 Å². The van der Waals surface area contributed by atoms with Crippen molar-refractivity contribution < 1.29 is 0 Å². The summed E-state index contributed by atoms with van der Waals surface area (Å²) in [6.45, 7) is 5.15. The molecule has 1 aliphatic carbocycles. The highest BCUT2D eigenvalue weighted by Crippen LogP contribution is 2.26. The van der Waals surface area contributed by atoms with Gasteiger partial charge in [-0.15, -0.1) is 0 Å². The van der Waals surface area contributed by atoms with E-state index >= 15 is 0 Å². The fourth-order valence-corrected chi connectivity index (χ4v) is 4.47. The van der Waals surface area contributed by atoms with Crippen molar-refractivity contribution in [2.75, 3.05) is 13.3 Å². The van der Waals surface area contributed by atoms with E-state index in [0.717, 1.165) is 30.6 Å². The number of hydrogen-bond acceptors (Lipinski definition) is 3. The summed E-state index contributed by atoms with van der Waals surface area (Å²) in [5.74, 6) is 0.912. The van der Waals surface area contributed by atoms with Gasteiger partial charge in [0.25, 0.3) is 0 Å². The second-order valence-electron chi connectivity index (χ2n) is 6.49. The van der Waals surface area contributed by atoms with Crippen LogP contribution in [0.25, 0.3) is 0 Å². The molecule has 1 aliphatic rings. The largest absolute Gasteiger partial charge is 0.354 e. The maximum Gasteiger partial charge on any atom is 0.191 e. The fourth-order valence-electron chi connectivity index (χ4n) is 3.64. The van der Waals surface area contributed by atoms with Crippen LogP contribution in [-0.4, -0.2) is 40.3 Å². The molecule has 2 unspecified atom stereocenters. The molecule has 1 fully saturated rings. The van der Waals surface area contributed by atoms with Gasteiger partial charge in [0.05, 0.1) is 5.69 Å². The molecule has 0 spiro atoms. The monoisotopic (exact) mass is 351 g/mol. The molecule has 1 heterocycles. The van der Waals surface area contributed by atoms with Gasteiger partial charge in [0, 0.05) is 43.2 Å². The number of nitrogens with zero attached hydrogens (tertiary/aromatic N) is 3. The third-order valence-corrected chi connectivity index (χ3v) is 6.08. The summed E-state index contributed by atoms with van der Waals surface area (Å²) in [5, 5.41) is 12.6. The Morgan fingerprint density at radius 3 is 2.75 bits per heavy atom. The van der Waals surface area contributed by atoms with Gasteiger partial charge in [-0.2, -0.15) is 16.9 Å². The molecule has 24 heavy (non-hydrogen) atoms. The molecular weight excluding hydrogens is 318 g/mol. The van der Waals surface area contributed by atoms with Crippen LogP contribution in [0, 0.1) is 0 Å². The minimum atomic E-state index is 0.535. The third-order valence-electron chi connectivity index (χ3n) is 4.98. The Morgan fingerprint density at radius 2 is 2.12 bits per heavy atom. The van der Waals surface area contributed by atoms with Crippen LogP contribution < -0.4 is 10.6 Å². The Hall–Kier alpha value is -1.17. The van der Waals surface area contributed by atoms with Gasteiger partial charge in [0.2, 0.25) is 0 Å². The van der Waals surface area contributed by atoms with Crippen LogP contribution in [-0.2, 0) is 26.4 Å². The number of nitrogens with one attached hydrogen (secondary N) is 2. The summed E-state index contributed by atoms with van der Waals surface area (Å²) in [7, 11) is 3.90. The summed E-state index contributed by atoms with van der Waals surface area (Å²) in [4.78, 5) is 4.43. The summed E-state index contributed by atoms with van der Waals surface area (Å²) in [6, 6.07) is 0.535. The van der Waals surface area contributed by atoms with E-state index < -0.39 is 0 Å². The Morgan fingerprint density at radius 1 is 1.33 bits per heavy atom. The van der Waals surface area contributed by atoms with Crippen LogP contribution in [0.15, 0.2) is 4.99 Å². The lowest BCUT2D eigenvalue weighted by atomic mass is 9.95. The quantitative estimate of drug-likeness (QED) is 0.611. The predicted molar refractivity (Wildman–Crippen MR) is 105 cm³/mol. The van der Waals surface area contributed by atoms with Gasteiger partial charge in [-0.3, -0.25) is 9.67 Å². The smallest absolute Gasteiger partial charge is 0.191 e. The summed E-state index contributed by atoms with van der Waals surface area (Å²) in [5.41, 5.74) is 3.84. The molecule has 1 saturated carbocycles. The Balaban J connectivity index is 1.97. The van der Waals surface area contributed by atoms with Crippen molar-refractivity contribution in [1.29, 1.82) is 0 Å². The Labute approximate surface area is 151 Å². The number of aryl methyl sites for hydroxylation is 2. The van der Waals surface area contributed by atoms with Crippen molar-refractivity contribution in [3.8, 4) is 0 Å². The van der Waals surface area contributed by atoms with Gasteiger partial charge in [0.1, 0.15) is 0 Å². The maximum atomic E-state index is 4.65. The normalized spacial score (nSPS) is 21.8. The van der Waals surface area contributed by atoms with E-state index in [0.29, 0.717) is 6.04 Å². The van der Waals surface area contributed by atoms with Crippen LogP contribution in [0.1, 0.15) is 56.5 Å². The third kappa shape index (κ3) is 4.68. The number of aliphatic imine (C=N–C) groups is 1. The van der Waals surface area contributed by atoms with E-state index in [9.17, 15) is 0 Å². The van der Waals surface area contributed by atoms with Crippen LogP contribution >= 0.6 is 11.8 Å². The molecule has 2 atom stereocenters. The van der Waals surface area contributed by atoms with E-state index in [1.54, 1.807) is 0 Å². The highest BCUT2D eigenvalue weighted by molar-refractivity contribution is 7.99. The van der Waals surface area contributed by atoms with E-state index in [2.05, 4.69) is 40.8 Å². The number of hydrogen-bond donors (Lipinski definition) is 2. The molecule has 0 bridgehead atoms. The molecular formula is C18H33N5S. The molecule has 2 rings (SSSR count). The second-order valence-corrected chi connectivity index (χ2v) is 7.63. The minimum absolute atomic E-state index is 0.535. The summed E-state index contributed by atoms with van der Waals surface area (Å²) >= 11 is 2.00. The topological polar surface area (TPSA) is 54.2 Å². The number of thioether (sulfide) groups is 1. The first-order valence-electron chi connectivity index (χ1n) is 9.16. The van der Waals surface area contributed by atoms with Gasteiger partial charge in [-0.1, -0.05) is 20.3 Å². The summed E-state index contributed by atoms with van der Waals surface area (Å²) < 4.78 is 2.02. The molecule has 0 aromatic carbocycles. The lowest BCUT2D eigenvalue weighted by Gasteiger charge is -2.29. The van der Waals surface area contributed by atoms with Gasteiger partial charge in [-0.05, 0) is 38.4 Å². The first-order valence-corrected chi connectivity index (χ1v) is 10.4. The first kappa shape index (κ1) is 19.2. The molecule has 1 aromatic heterocycles. The van der Waals surface area contributed by atoms with E-state index in [1.807, 2.05) is 30.5 Å². The number of rotatable bonds is 6. The average molecular weight is 352 g/mol. The number of aromatic nitrogens is 2. The zero-order chi connectivity index (χ0) is 17.5. The van der Waals surface area contributed by atoms with Crippen molar-refractivity contribution in [2.24, 2.45) is 12.0 Å². The lowest BCUT2D eigenvalue weighted by Crippen LogP contribution is -2.45. The SMILES string of the molecule is CCc1nn(C)c(CC)c1CNC(=NC)NC1CCCC(SC)C1. The van der Waals surface area contributed by atoms with Crippen LogP contribution in [0.4, 0.5) is 0 Å². The second kappa shape index (κ2) is 9.35. The van der Waals surface area contributed by atoms with E-state index in [4.69, 9.17) is 0 Å². The van der Waals surface area contributed by atoms with E-state index in [-0.39, 0.29) is 0 Å². The Bertz CT molecular complexity index is 552. The average Bonchev–Trinajstić information content (AvgIpc) is 2.93. The van der Waals surface area contributed by atoms with Gasteiger partial charge in [0.15, 0.2) is 5.96 Å². The predicted octanol–water partition coefficient (Wildman–Crippen LogP) is 2.88. The Kier molecular flexibility index (Phi) is 7.46. The molecule has 136 valence electrons. The minimum Gasteiger partial charge on any atom is -0.354 e. The zero-order valence-corrected chi connectivity index (χ0v) is 16.7. The molecule has 2 N–H and O–H groups in total. The lowest BCUT2D eigenvalue weighted by molar-refractivity contribution is 0.419. The number of guanidine groups is 1. The zero-order valence-electron chi connectivity index (χ0n) is 15.9. The molecule has 5 nitrogen and oxygen atoms in total. The van der Waals surface area contributed by atoms with Crippen molar-refractivity contribution in [3.63, 3.8) is 0 Å². The summed E-state index contributed by atoms with van der Waals surface area (Å²) in [6.07, 6.45) is 9.32. The molecule has 0 saturated heterocycles. The van der Waals surface area contributed by atoms with Crippen molar-refractivity contribution >= 4 is 17.7 Å². The van der Waals surface area contributed by atoms with Gasteiger partial charge < -0.3 is 10.6 Å². The van der Waals surface area contributed by atoms with Crippen molar-refractivity contribution in [2.45, 2.75) is 70.2 Å². The van der Waals surface area contributed by atoms with Gasteiger partial charge >= 0.3 is 0 Å². The highest BCUT2D eigenvalue weighted by atomic mass is 32.2. The molecule has 1 aromatic rings. The van der Waals surface area contributed by atoms with Crippen LogP contribution in [0.5, 0.6) is 0 Å². The molecule has 0 radical (unpaired) electrons. The van der Waals surface area contributed by atoms with Gasteiger partial charge in [-0.25, -0.2) is 0 Å². The maximum absolute atomic E-state index is 4.65. The molecule has 0 amide bonds. The standard InChI is InChI=1S/C18H33N5S/c1-6-16-15(17(7-2)23(4)22-16)12-20-18(19-3)21-13-9-8-10-14(11-13)24-5/h13-14H,6-12H2,1-5H3,(H2,19,20,21). The van der Waals surface area contributed by atoms with Crippen LogP contribution in [0.2, 0.25) is 0 Å². The molecule has 0 aliphatic heterocycles. The fraction of sp³-hybridized carbons (Fsp3) is 0.778. The molecule has 6 heteroatoms. The first-order chi connectivity index (χ1) is 11.6.